The van der Waals surface area contributed by atoms with E-state index in [2.05, 4.69) is 26.1 Å². The predicted molar refractivity (Wildman–Crippen MR) is 84.4 cm³/mol. The summed E-state index contributed by atoms with van der Waals surface area (Å²) in [5.41, 5.74) is 1.49. The van der Waals surface area contributed by atoms with E-state index in [0.717, 1.165) is 18.0 Å². The quantitative estimate of drug-likeness (QED) is 0.683. The van der Waals surface area contributed by atoms with Gasteiger partial charge in [0, 0.05) is 12.6 Å². The third-order valence-electron chi connectivity index (χ3n) is 4.41. The first-order chi connectivity index (χ1) is 8.87. The van der Waals surface area contributed by atoms with E-state index in [1.165, 1.54) is 12.8 Å². The Hall–Kier alpha value is 0.0500. The van der Waals surface area contributed by atoms with Crippen LogP contribution in [0.15, 0.2) is 12.1 Å². The van der Waals surface area contributed by atoms with E-state index in [-0.39, 0.29) is 6.04 Å². The molecule has 0 amide bonds. The van der Waals surface area contributed by atoms with Crippen molar-refractivity contribution in [3.8, 4) is 0 Å². The molecule has 1 atom stereocenters. The monoisotopic (exact) mass is 319 g/mol. The molecule has 106 valence electrons. The van der Waals surface area contributed by atoms with Gasteiger partial charge in [0.05, 0.1) is 15.1 Å². The highest BCUT2D eigenvalue weighted by Crippen LogP contribution is 2.51. The van der Waals surface area contributed by atoms with Crippen LogP contribution in [0.3, 0.4) is 0 Å². The van der Waals surface area contributed by atoms with Crippen LogP contribution >= 0.6 is 34.8 Å². The lowest BCUT2D eigenvalue weighted by Gasteiger charge is -2.24. The largest absolute Gasteiger partial charge is 0.310 e. The van der Waals surface area contributed by atoms with Crippen LogP contribution in [0.4, 0.5) is 0 Å². The molecule has 1 aromatic rings. The van der Waals surface area contributed by atoms with E-state index >= 15 is 0 Å². The number of benzene rings is 1. The summed E-state index contributed by atoms with van der Waals surface area (Å²) in [4.78, 5) is 0. The summed E-state index contributed by atoms with van der Waals surface area (Å²) >= 11 is 18.3. The SMILES string of the molecule is CC(NCC1(C(C)C)CC1)c1ccc(Cl)c(Cl)c1Cl. The summed E-state index contributed by atoms with van der Waals surface area (Å²) < 4.78 is 0. The van der Waals surface area contributed by atoms with Crippen molar-refractivity contribution in [1.82, 2.24) is 5.32 Å². The van der Waals surface area contributed by atoms with E-state index in [0.29, 0.717) is 20.5 Å². The Bertz CT molecular complexity index is 467. The molecule has 1 fully saturated rings. The minimum atomic E-state index is 0.179. The van der Waals surface area contributed by atoms with Crippen molar-refractivity contribution in [2.75, 3.05) is 6.54 Å². The summed E-state index contributed by atoms with van der Waals surface area (Å²) in [6, 6.07) is 3.93. The smallest absolute Gasteiger partial charge is 0.0781 e. The van der Waals surface area contributed by atoms with Gasteiger partial charge in [0.15, 0.2) is 0 Å². The van der Waals surface area contributed by atoms with Gasteiger partial charge in [-0.15, -0.1) is 0 Å². The maximum Gasteiger partial charge on any atom is 0.0781 e. The normalized spacial score (nSPS) is 18.7. The van der Waals surface area contributed by atoms with Crippen molar-refractivity contribution in [2.45, 2.75) is 39.7 Å². The van der Waals surface area contributed by atoms with Gasteiger partial charge in [-0.3, -0.25) is 0 Å². The fourth-order valence-corrected chi connectivity index (χ4v) is 3.17. The molecule has 1 aromatic carbocycles. The second kappa shape index (κ2) is 5.81. The molecule has 0 heterocycles. The van der Waals surface area contributed by atoms with Gasteiger partial charge in [0.2, 0.25) is 0 Å². The summed E-state index contributed by atoms with van der Waals surface area (Å²) in [6.07, 6.45) is 2.64. The molecule has 2 rings (SSSR count). The van der Waals surface area contributed by atoms with Crippen molar-refractivity contribution in [2.24, 2.45) is 11.3 Å². The highest BCUT2D eigenvalue weighted by Gasteiger charge is 2.44. The van der Waals surface area contributed by atoms with Crippen molar-refractivity contribution in [3.05, 3.63) is 32.8 Å². The Morgan fingerprint density at radius 1 is 1.11 bits per heavy atom. The molecule has 1 aliphatic carbocycles. The minimum absolute atomic E-state index is 0.179. The van der Waals surface area contributed by atoms with E-state index in [9.17, 15) is 0 Å². The highest BCUT2D eigenvalue weighted by molar-refractivity contribution is 6.48. The molecular formula is C15H20Cl3N. The van der Waals surface area contributed by atoms with E-state index in [4.69, 9.17) is 34.8 Å². The highest BCUT2D eigenvalue weighted by atomic mass is 35.5. The number of halogens is 3. The fourth-order valence-electron chi connectivity index (χ4n) is 2.46. The van der Waals surface area contributed by atoms with E-state index in [1.807, 2.05) is 6.07 Å². The lowest BCUT2D eigenvalue weighted by atomic mass is 9.92. The molecule has 0 radical (unpaired) electrons. The molecule has 19 heavy (non-hydrogen) atoms. The molecule has 0 aromatic heterocycles. The van der Waals surface area contributed by atoms with Crippen molar-refractivity contribution >= 4 is 34.8 Å². The number of hydrogen-bond acceptors (Lipinski definition) is 1. The zero-order chi connectivity index (χ0) is 14.2. The standard InChI is InChI=1S/C15H20Cl3N/c1-9(2)15(6-7-15)8-19-10(3)11-4-5-12(16)14(18)13(11)17/h4-5,9-10,19H,6-8H2,1-3H3. The van der Waals surface area contributed by atoms with Gasteiger partial charge in [0.1, 0.15) is 0 Å². The Labute approximate surface area is 130 Å². The summed E-state index contributed by atoms with van der Waals surface area (Å²) in [7, 11) is 0. The van der Waals surface area contributed by atoms with Crippen molar-refractivity contribution in [3.63, 3.8) is 0 Å². The van der Waals surface area contributed by atoms with Crippen LogP contribution in [-0.4, -0.2) is 6.54 Å². The summed E-state index contributed by atoms with van der Waals surface area (Å²) in [6.45, 7) is 7.74. The molecule has 0 aliphatic heterocycles. The first-order valence-electron chi connectivity index (χ1n) is 6.74. The maximum atomic E-state index is 6.27. The third-order valence-corrected chi connectivity index (χ3v) is 5.72. The van der Waals surface area contributed by atoms with E-state index in [1.54, 1.807) is 6.07 Å². The van der Waals surface area contributed by atoms with Gasteiger partial charge in [0.25, 0.3) is 0 Å². The Morgan fingerprint density at radius 3 is 2.26 bits per heavy atom. The average molecular weight is 321 g/mol. The van der Waals surface area contributed by atoms with Gasteiger partial charge >= 0.3 is 0 Å². The minimum Gasteiger partial charge on any atom is -0.310 e. The van der Waals surface area contributed by atoms with Gasteiger partial charge in [-0.2, -0.15) is 0 Å². The second-order valence-electron chi connectivity index (χ2n) is 5.88. The molecule has 0 saturated heterocycles. The lowest BCUT2D eigenvalue weighted by Crippen LogP contribution is -2.29. The molecule has 1 N–H and O–H groups in total. The molecule has 4 heteroatoms. The molecule has 1 aliphatic rings. The molecule has 1 unspecified atom stereocenters. The van der Waals surface area contributed by atoms with Gasteiger partial charge in [-0.05, 0) is 42.7 Å². The Balaban J connectivity index is 2.05. The maximum absolute atomic E-state index is 6.27. The molecular weight excluding hydrogens is 301 g/mol. The van der Waals surface area contributed by atoms with E-state index < -0.39 is 0 Å². The number of rotatable bonds is 5. The molecule has 1 nitrogen and oxygen atoms in total. The first kappa shape index (κ1) is 15.4. The Kier molecular flexibility index (Phi) is 4.72. The number of nitrogens with one attached hydrogen (secondary N) is 1. The van der Waals surface area contributed by atoms with Crippen LogP contribution < -0.4 is 5.32 Å². The van der Waals surface area contributed by atoms with Crippen molar-refractivity contribution < 1.29 is 0 Å². The van der Waals surface area contributed by atoms with Crippen LogP contribution in [0.2, 0.25) is 15.1 Å². The number of hydrogen-bond donors (Lipinski definition) is 1. The predicted octanol–water partition coefficient (Wildman–Crippen LogP) is 5.73. The third kappa shape index (κ3) is 3.21. The lowest BCUT2D eigenvalue weighted by molar-refractivity contribution is 0.325. The molecule has 0 spiro atoms. The van der Waals surface area contributed by atoms with Crippen LogP contribution in [0.1, 0.15) is 45.2 Å². The fraction of sp³-hybridized carbons (Fsp3) is 0.600. The summed E-state index contributed by atoms with van der Waals surface area (Å²) in [5.74, 6) is 0.719. The van der Waals surface area contributed by atoms with Gasteiger partial charge in [-0.1, -0.05) is 54.7 Å². The molecule has 0 bridgehead atoms. The van der Waals surface area contributed by atoms with Gasteiger partial charge in [-0.25, -0.2) is 0 Å². The van der Waals surface area contributed by atoms with Crippen LogP contribution in [0.25, 0.3) is 0 Å². The molecule has 1 saturated carbocycles. The van der Waals surface area contributed by atoms with Crippen molar-refractivity contribution in [1.29, 1.82) is 0 Å². The van der Waals surface area contributed by atoms with Gasteiger partial charge < -0.3 is 5.32 Å². The zero-order valence-corrected chi connectivity index (χ0v) is 13.8. The van der Waals surface area contributed by atoms with Crippen LogP contribution in [0.5, 0.6) is 0 Å². The second-order valence-corrected chi connectivity index (χ2v) is 7.05. The average Bonchev–Trinajstić information content (AvgIpc) is 3.14. The first-order valence-corrected chi connectivity index (χ1v) is 7.87. The topological polar surface area (TPSA) is 12.0 Å². The summed E-state index contributed by atoms with van der Waals surface area (Å²) in [5, 5.41) is 5.09. The van der Waals surface area contributed by atoms with Crippen LogP contribution in [0, 0.1) is 11.3 Å². The zero-order valence-electron chi connectivity index (χ0n) is 11.6. The van der Waals surface area contributed by atoms with Crippen LogP contribution in [-0.2, 0) is 0 Å². The Morgan fingerprint density at radius 2 is 1.74 bits per heavy atom.